The molecule has 0 aliphatic rings. The maximum absolute atomic E-state index is 12.9. The molecule has 3 rings (SSSR count). The van der Waals surface area contributed by atoms with E-state index in [9.17, 15) is 26.3 Å². The third-order valence-electron chi connectivity index (χ3n) is 3.13. The lowest BCUT2D eigenvalue weighted by Crippen LogP contribution is -2.12. The number of hydrogen-bond acceptors (Lipinski definition) is 3. The monoisotopic (exact) mass is 366 g/mol. The van der Waals surface area contributed by atoms with E-state index in [1.165, 1.54) is 0 Å². The third kappa shape index (κ3) is 2.88. The lowest BCUT2D eigenvalue weighted by atomic mass is 10.1. The second-order valence-electron chi connectivity index (χ2n) is 4.72. The predicted octanol–water partition coefficient (Wildman–Crippen LogP) is 4.51. The van der Waals surface area contributed by atoms with E-state index < -0.39 is 29.2 Å². The minimum atomic E-state index is -4.95. The van der Waals surface area contributed by atoms with Crippen molar-refractivity contribution < 1.29 is 26.3 Å². The molecule has 0 aliphatic carbocycles. The van der Waals surface area contributed by atoms with Gasteiger partial charge in [0.1, 0.15) is 11.5 Å². The normalized spacial score (nSPS) is 12.8. The highest BCUT2D eigenvalue weighted by molar-refractivity contribution is 6.33. The van der Waals surface area contributed by atoms with Crippen molar-refractivity contribution in [2.75, 3.05) is 0 Å². The number of nitrogens with zero attached hydrogens (tertiary/aromatic N) is 4. The first-order chi connectivity index (χ1) is 11.1. The quantitative estimate of drug-likeness (QED) is 0.470. The molecule has 0 saturated heterocycles. The number of rotatable bonds is 1. The second-order valence-corrected chi connectivity index (χ2v) is 5.08. The molecule has 2 aromatic heterocycles. The number of alkyl halides is 6. The highest BCUT2D eigenvalue weighted by atomic mass is 35.5. The zero-order chi connectivity index (χ0) is 17.7. The SMILES string of the molecule is FC(F)(F)c1cc(-n2ncc3c(Cl)ncnc32)cc(C(F)(F)F)c1. The topological polar surface area (TPSA) is 43.6 Å². The molecular formula is C13H5ClF6N4. The van der Waals surface area contributed by atoms with Crippen LogP contribution < -0.4 is 0 Å². The van der Waals surface area contributed by atoms with Crippen LogP contribution in [0.3, 0.4) is 0 Å². The van der Waals surface area contributed by atoms with Crippen LogP contribution in [0, 0.1) is 0 Å². The average molecular weight is 367 g/mol. The summed E-state index contributed by atoms with van der Waals surface area (Å²) in [7, 11) is 0. The number of aromatic nitrogens is 4. The van der Waals surface area contributed by atoms with Gasteiger partial charge in [0.15, 0.2) is 5.65 Å². The van der Waals surface area contributed by atoms with Gasteiger partial charge in [-0.1, -0.05) is 11.6 Å². The summed E-state index contributed by atoms with van der Waals surface area (Å²) in [6, 6.07) is 1.15. The van der Waals surface area contributed by atoms with E-state index in [0.717, 1.165) is 17.2 Å². The van der Waals surface area contributed by atoms with Crippen molar-refractivity contribution in [3.8, 4) is 5.69 Å². The van der Waals surface area contributed by atoms with E-state index in [1.54, 1.807) is 0 Å². The Labute approximate surface area is 134 Å². The van der Waals surface area contributed by atoms with Crippen molar-refractivity contribution in [2.24, 2.45) is 0 Å². The van der Waals surface area contributed by atoms with E-state index in [1.807, 2.05) is 0 Å². The van der Waals surface area contributed by atoms with Crippen LogP contribution in [-0.2, 0) is 12.4 Å². The van der Waals surface area contributed by atoms with Crippen LogP contribution in [0.25, 0.3) is 16.7 Å². The summed E-state index contributed by atoms with van der Waals surface area (Å²) in [6.07, 6.45) is -7.72. The number of benzene rings is 1. The predicted molar refractivity (Wildman–Crippen MR) is 71.7 cm³/mol. The first kappa shape index (κ1) is 16.5. The van der Waals surface area contributed by atoms with Crippen molar-refractivity contribution in [3.05, 3.63) is 47.0 Å². The standard InChI is InChI=1S/C13H5ClF6N4/c14-10-9-4-23-24(11(9)22-5-21-10)8-2-6(12(15,16)17)1-7(3-8)13(18,19)20/h1-5H. The molecule has 0 atom stereocenters. The lowest BCUT2D eigenvalue weighted by Gasteiger charge is -2.14. The molecule has 126 valence electrons. The van der Waals surface area contributed by atoms with Crippen LogP contribution in [0.5, 0.6) is 0 Å². The fourth-order valence-electron chi connectivity index (χ4n) is 2.07. The zero-order valence-corrected chi connectivity index (χ0v) is 12.1. The van der Waals surface area contributed by atoms with Crippen LogP contribution in [0.2, 0.25) is 5.15 Å². The van der Waals surface area contributed by atoms with E-state index >= 15 is 0 Å². The maximum Gasteiger partial charge on any atom is 0.416 e. The molecule has 1 aromatic carbocycles. The largest absolute Gasteiger partial charge is 0.416 e. The Hall–Kier alpha value is -2.36. The van der Waals surface area contributed by atoms with Crippen molar-refractivity contribution in [1.29, 1.82) is 0 Å². The van der Waals surface area contributed by atoms with Crippen molar-refractivity contribution >= 4 is 22.6 Å². The van der Waals surface area contributed by atoms with E-state index in [-0.39, 0.29) is 22.3 Å². The summed E-state index contributed by atoms with van der Waals surface area (Å²) in [4.78, 5) is 7.47. The third-order valence-corrected chi connectivity index (χ3v) is 3.44. The van der Waals surface area contributed by atoms with Crippen LogP contribution in [0.4, 0.5) is 26.3 Å². The molecule has 2 heterocycles. The summed E-state index contributed by atoms with van der Waals surface area (Å²) in [6.45, 7) is 0. The zero-order valence-electron chi connectivity index (χ0n) is 11.3. The highest BCUT2D eigenvalue weighted by Crippen LogP contribution is 2.37. The Morgan fingerprint density at radius 1 is 0.875 bits per heavy atom. The molecule has 0 N–H and O–H groups in total. The number of halogens is 7. The van der Waals surface area contributed by atoms with Crippen molar-refractivity contribution in [3.63, 3.8) is 0 Å². The van der Waals surface area contributed by atoms with Crippen LogP contribution >= 0.6 is 11.6 Å². The summed E-state index contributed by atoms with van der Waals surface area (Å²) in [5.41, 5.74) is -3.35. The smallest absolute Gasteiger partial charge is 0.224 e. The van der Waals surface area contributed by atoms with Gasteiger partial charge in [0.2, 0.25) is 0 Å². The minimum Gasteiger partial charge on any atom is -0.224 e. The fraction of sp³-hybridized carbons (Fsp3) is 0.154. The molecular weight excluding hydrogens is 362 g/mol. The first-order valence-electron chi connectivity index (χ1n) is 6.21. The van der Waals surface area contributed by atoms with Gasteiger partial charge in [-0.05, 0) is 18.2 Å². The van der Waals surface area contributed by atoms with Crippen molar-refractivity contribution in [2.45, 2.75) is 12.4 Å². The molecule has 0 amide bonds. The van der Waals surface area contributed by atoms with Gasteiger partial charge in [-0.15, -0.1) is 0 Å². The highest BCUT2D eigenvalue weighted by Gasteiger charge is 2.37. The van der Waals surface area contributed by atoms with Gasteiger partial charge in [-0.25, -0.2) is 14.6 Å². The van der Waals surface area contributed by atoms with Gasteiger partial charge in [-0.3, -0.25) is 0 Å². The van der Waals surface area contributed by atoms with E-state index in [0.29, 0.717) is 12.1 Å². The Kier molecular flexibility index (Phi) is 3.67. The van der Waals surface area contributed by atoms with Crippen LogP contribution in [0.15, 0.2) is 30.7 Å². The van der Waals surface area contributed by atoms with Gasteiger partial charge in [0.25, 0.3) is 0 Å². The van der Waals surface area contributed by atoms with E-state index in [2.05, 4.69) is 15.1 Å². The fourth-order valence-corrected chi connectivity index (χ4v) is 2.24. The summed E-state index contributed by atoms with van der Waals surface area (Å²) in [5, 5.41) is 3.95. The van der Waals surface area contributed by atoms with Gasteiger partial charge < -0.3 is 0 Å². The minimum absolute atomic E-state index is 0.0116. The van der Waals surface area contributed by atoms with Crippen LogP contribution in [-0.4, -0.2) is 19.7 Å². The Balaban J connectivity index is 2.28. The summed E-state index contributed by atoms with van der Waals surface area (Å²) in [5.74, 6) is 0. The molecule has 0 saturated carbocycles. The Morgan fingerprint density at radius 3 is 2.00 bits per heavy atom. The molecule has 24 heavy (non-hydrogen) atoms. The van der Waals surface area contributed by atoms with Crippen LogP contribution in [0.1, 0.15) is 11.1 Å². The average Bonchev–Trinajstić information content (AvgIpc) is 2.90. The van der Waals surface area contributed by atoms with Gasteiger partial charge in [-0.2, -0.15) is 31.4 Å². The number of fused-ring (bicyclic) bond motifs is 1. The summed E-state index contributed by atoms with van der Waals surface area (Å²) >= 11 is 5.80. The van der Waals surface area contributed by atoms with Gasteiger partial charge in [0.05, 0.1) is 28.4 Å². The molecule has 0 bridgehead atoms. The first-order valence-corrected chi connectivity index (χ1v) is 6.59. The molecule has 4 nitrogen and oxygen atoms in total. The molecule has 0 fully saturated rings. The number of hydrogen-bond donors (Lipinski definition) is 0. The Bertz CT molecular complexity index is 883. The van der Waals surface area contributed by atoms with Crippen molar-refractivity contribution in [1.82, 2.24) is 19.7 Å². The molecule has 11 heteroatoms. The van der Waals surface area contributed by atoms with Gasteiger partial charge in [0, 0.05) is 0 Å². The Morgan fingerprint density at radius 2 is 1.46 bits per heavy atom. The second kappa shape index (κ2) is 5.33. The molecule has 0 aliphatic heterocycles. The molecule has 0 spiro atoms. The van der Waals surface area contributed by atoms with E-state index in [4.69, 9.17) is 11.6 Å². The lowest BCUT2D eigenvalue weighted by molar-refractivity contribution is -0.143. The molecule has 0 radical (unpaired) electrons. The molecule has 0 unspecified atom stereocenters. The molecule has 3 aromatic rings. The van der Waals surface area contributed by atoms with Gasteiger partial charge >= 0.3 is 12.4 Å². The maximum atomic E-state index is 12.9. The summed E-state index contributed by atoms with van der Waals surface area (Å²) < 4.78 is 78.3.